The number of aliphatic hydroxyl groups excluding tert-OH is 1. The minimum Gasteiger partial charge on any atom is -0.395 e. The maximum absolute atomic E-state index is 12.3. The Balaban J connectivity index is 1.99. The van der Waals surface area contributed by atoms with Gasteiger partial charge in [-0.15, -0.1) is 0 Å². The molecule has 1 N–H and O–H groups in total. The van der Waals surface area contributed by atoms with E-state index in [0.29, 0.717) is 5.57 Å². The van der Waals surface area contributed by atoms with Crippen molar-refractivity contribution < 1.29 is 9.90 Å². The van der Waals surface area contributed by atoms with E-state index in [2.05, 4.69) is 35.7 Å². The smallest absolute Gasteiger partial charge is 0.167 e. The van der Waals surface area contributed by atoms with E-state index in [9.17, 15) is 9.90 Å². The second-order valence-corrected chi connectivity index (χ2v) is 6.48. The van der Waals surface area contributed by atoms with Gasteiger partial charge in [-0.1, -0.05) is 55.1 Å². The molecule has 0 aliphatic carbocycles. The van der Waals surface area contributed by atoms with Crippen molar-refractivity contribution in [1.82, 2.24) is 0 Å². The zero-order valence-corrected chi connectivity index (χ0v) is 15.4. The van der Waals surface area contributed by atoms with E-state index in [-0.39, 0.29) is 12.4 Å². The van der Waals surface area contributed by atoms with Crippen molar-refractivity contribution in [3.8, 4) is 0 Å². The van der Waals surface area contributed by atoms with Gasteiger partial charge in [0.2, 0.25) is 0 Å². The van der Waals surface area contributed by atoms with E-state index in [1.54, 1.807) is 6.92 Å². The topological polar surface area (TPSA) is 40.5 Å². The first-order chi connectivity index (χ1) is 13.1. The van der Waals surface area contributed by atoms with Crippen LogP contribution < -0.4 is 4.90 Å². The van der Waals surface area contributed by atoms with Gasteiger partial charge in [-0.25, -0.2) is 0 Å². The van der Waals surface area contributed by atoms with Crippen molar-refractivity contribution in [3.63, 3.8) is 0 Å². The molecule has 0 amide bonds. The molecule has 0 saturated heterocycles. The average molecular weight is 357 g/mol. The minimum atomic E-state index is -0.571. The number of nitrogens with zero attached hydrogens (tertiary/aromatic N) is 1. The SMILES string of the molecule is C=C(C)C(=O)C(CO)c1ccc(N(c2ccccc2)c2ccccc2)cc1. The number of aliphatic hydroxyl groups is 1. The molecule has 1 atom stereocenters. The lowest BCUT2D eigenvalue weighted by Gasteiger charge is -2.26. The maximum atomic E-state index is 12.3. The zero-order chi connectivity index (χ0) is 19.2. The molecule has 136 valence electrons. The molecule has 0 aliphatic rings. The molecule has 3 aromatic rings. The summed E-state index contributed by atoms with van der Waals surface area (Å²) in [5, 5.41) is 9.66. The average Bonchev–Trinajstić information content (AvgIpc) is 2.71. The zero-order valence-electron chi connectivity index (χ0n) is 15.4. The number of hydrogen-bond acceptors (Lipinski definition) is 3. The van der Waals surface area contributed by atoms with Crippen molar-refractivity contribution in [3.05, 3.63) is 103 Å². The molecule has 3 aromatic carbocycles. The Morgan fingerprint density at radius 1 is 0.852 bits per heavy atom. The Morgan fingerprint density at radius 2 is 1.30 bits per heavy atom. The molecule has 3 rings (SSSR count). The first kappa shape index (κ1) is 18.6. The fourth-order valence-electron chi connectivity index (χ4n) is 3.09. The first-order valence-electron chi connectivity index (χ1n) is 8.92. The molecule has 0 radical (unpaired) electrons. The largest absolute Gasteiger partial charge is 0.395 e. The summed E-state index contributed by atoms with van der Waals surface area (Å²) in [6, 6.07) is 28.0. The van der Waals surface area contributed by atoms with Gasteiger partial charge in [0.1, 0.15) is 0 Å². The molecule has 0 heterocycles. The lowest BCUT2D eigenvalue weighted by molar-refractivity contribution is -0.117. The van der Waals surface area contributed by atoms with Crippen LogP contribution in [0.5, 0.6) is 0 Å². The summed E-state index contributed by atoms with van der Waals surface area (Å²) < 4.78 is 0. The fourth-order valence-corrected chi connectivity index (χ4v) is 3.09. The lowest BCUT2D eigenvalue weighted by Crippen LogP contribution is -2.17. The van der Waals surface area contributed by atoms with Crippen LogP contribution in [0.1, 0.15) is 18.4 Å². The molecular weight excluding hydrogens is 334 g/mol. The Hall–Kier alpha value is -3.17. The van der Waals surface area contributed by atoms with Crippen LogP contribution in [-0.4, -0.2) is 17.5 Å². The summed E-state index contributed by atoms with van der Waals surface area (Å²) in [7, 11) is 0. The normalized spacial score (nSPS) is 11.6. The van der Waals surface area contributed by atoms with Crippen LogP contribution in [0.4, 0.5) is 17.1 Å². The van der Waals surface area contributed by atoms with Gasteiger partial charge in [-0.2, -0.15) is 0 Å². The first-order valence-corrected chi connectivity index (χ1v) is 8.92. The molecule has 0 spiro atoms. The number of carbonyl (C=O) groups is 1. The summed E-state index contributed by atoms with van der Waals surface area (Å²) in [6.45, 7) is 5.15. The molecule has 0 saturated carbocycles. The Kier molecular flexibility index (Phi) is 5.84. The summed E-state index contributed by atoms with van der Waals surface area (Å²) >= 11 is 0. The number of rotatable bonds is 7. The number of benzene rings is 3. The number of ketones is 1. The van der Waals surface area contributed by atoms with Crippen LogP contribution in [0.15, 0.2) is 97.1 Å². The second-order valence-electron chi connectivity index (χ2n) is 6.48. The number of anilines is 3. The van der Waals surface area contributed by atoms with Gasteiger partial charge in [0, 0.05) is 17.1 Å². The summed E-state index contributed by atoms with van der Waals surface area (Å²) in [5.74, 6) is -0.702. The number of hydrogen-bond donors (Lipinski definition) is 1. The standard InChI is InChI=1S/C24H23NO2/c1-18(2)24(27)23(17-26)19-13-15-22(16-14-19)25(20-9-5-3-6-10-20)21-11-7-4-8-12-21/h3-16,23,26H,1,17H2,2H3. The van der Waals surface area contributed by atoms with E-state index >= 15 is 0 Å². The Bertz CT molecular complexity index is 863. The van der Waals surface area contributed by atoms with Crippen molar-refractivity contribution in [1.29, 1.82) is 0 Å². The van der Waals surface area contributed by atoms with Crippen LogP contribution in [0, 0.1) is 0 Å². The van der Waals surface area contributed by atoms with Crippen LogP contribution in [-0.2, 0) is 4.79 Å². The van der Waals surface area contributed by atoms with Crippen molar-refractivity contribution in [2.75, 3.05) is 11.5 Å². The molecule has 3 heteroatoms. The Labute approximate surface area is 160 Å². The fraction of sp³-hybridized carbons (Fsp3) is 0.125. The lowest BCUT2D eigenvalue weighted by atomic mass is 9.92. The van der Waals surface area contributed by atoms with E-state index in [1.807, 2.05) is 60.7 Å². The predicted molar refractivity (Wildman–Crippen MR) is 111 cm³/mol. The second kappa shape index (κ2) is 8.47. The summed E-state index contributed by atoms with van der Waals surface area (Å²) in [6.07, 6.45) is 0. The van der Waals surface area contributed by atoms with Gasteiger partial charge >= 0.3 is 0 Å². The molecular formula is C24H23NO2. The van der Waals surface area contributed by atoms with E-state index in [4.69, 9.17) is 0 Å². The maximum Gasteiger partial charge on any atom is 0.167 e. The molecule has 0 fully saturated rings. The third-order valence-corrected chi connectivity index (χ3v) is 4.50. The monoisotopic (exact) mass is 357 g/mol. The highest BCUT2D eigenvalue weighted by Crippen LogP contribution is 2.34. The molecule has 1 unspecified atom stereocenters. The van der Waals surface area contributed by atoms with Crippen molar-refractivity contribution >= 4 is 22.8 Å². The van der Waals surface area contributed by atoms with E-state index < -0.39 is 5.92 Å². The highest BCUT2D eigenvalue weighted by Gasteiger charge is 2.20. The number of allylic oxidation sites excluding steroid dienone is 1. The quantitative estimate of drug-likeness (QED) is 0.577. The number of para-hydroxylation sites is 2. The highest BCUT2D eigenvalue weighted by atomic mass is 16.3. The van der Waals surface area contributed by atoms with Gasteiger partial charge in [0.15, 0.2) is 5.78 Å². The van der Waals surface area contributed by atoms with Crippen molar-refractivity contribution in [2.45, 2.75) is 12.8 Å². The van der Waals surface area contributed by atoms with Gasteiger partial charge in [-0.05, 0) is 54.5 Å². The van der Waals surface area contributed by atoms with Gasteiger partial charge in [0.05, 0.1) is 12.5 Å². The number of carbonyl (C=O) groups excluding carboxylic acids is 1. The van der Waals surface area contributed by atoms with Crippen LogP contribution >= 0.6 is 0 Å². The van der Waals surface area contributed by atoms with E-state index in [1.165, 1.54) is 0 Å². The number of Topliss-reactive ketones (excluding diaryl/α,β-unsaturated/α-hetero) is 1. The molecule has 3 nitrogen and oxygen atoms in total. The predicted octanol–water partition coefficient (Wildman–Crippen LogP) is 5.38. The molecule has 0 aromatic heterocycles. The van der Waals surface area contributed by atoms with Crippen LogP contribution in [0.3, 0.4) is 0 Å². The van der Waals surface area contributed by atoms with Gasteiger partial charge < -0.3 is 10.0 Å². The van der Waals surface area contributed by atoms with E-state index in [0.717, 1.165) is 22.6 Å². The third-order valence-electron chi connectivity index (χ3n) is 4.50. The molecule has 27 heavy (non-hydrogen) atoms. The Morgan fingerprint density at radius 3 is 1.70 bits per heavy atom. The van der Waals surface area contributed by atoms with Gasteiger partial charge in [-0.3, -0.25) is 4.79 Å². The molecule has 0 aliphatic heterocycles. The van der Waals surface area contributed by atoms with Crippen LogP contribution in [0.25, 0.3) is 0 Å². The summed E-state index contributed by atoms with van der Waals surface area (Å²) in [5.41, 5.74) is 4.32. The van der Waals surface area contributed by atoms with Crippen LogP contribution in [0.2, 0.25) is 0 Å². The van der Waals surface area contributed by atoms with Gasteiger partial charge in [0.25, 0.3) is 0 Å². The summed E-state index contributed by atoms with van der Waals surface area (Å²) in [4.78, 5) is 14.4. The third kappa shape index (κ3) is 4.15. The molecule has 0 bridgehead atoms. The van der Waals surface area contributed by atoms with Crippen molar-refractivity contribution in [2.24, 2.45) is 0 Å². The minimum absolute atomic E-state index is 0.131. The highest BCUT2D eigenvalue weighted by molar-refractivity contribution is 5.99.